The fraction of sp³-hybridized carbons (Fsp3) is 0.333. The lowest BCUT2D eigenvalue weighted by Crippen LogP contribution is -2.35. The lowest BCUT2D eigenvalue weighted by molar-refractivity contribution is -0.151. The van der Waals surface area contributed by atoms with E-state index in [1.807, 2.05) is 74.5 Å². The maximum atomic E-state index is 12.8. The van der Waals surface area contributed by atoms with Crippen molar-refractivity contribution >= 4 is 23.6 Å². The van der Waals surface area contributed by atoms with Crippen LogP contribution in [-0.4, -0.2) is 24.5 Å². The maximum Gasteiger partial charge on any atom is 0.310 e. The van der Waals surface area contributed by atoms with E-state index in [1.165, 1.54) is 11.8 Å². The SMILES string of the molecule is CC(C)OC(=O)[C@@H](C)CNC(=O)[C@@H](Sc1ccccc1)c1ccccc1. The molecule has 0 unspecified atom stereocenters. The van der Waals surface area contributed by atoms with Gasteiger partial charge in [0.05, 0.1) is 12.0 Å². The van der Waals surface area contributed by atoms with Crippen molar-refractivity contribution in [2.24, 2.45) is 5.92 Å². The summed E-state index contributed by atoms with van der Waals surface area (Å²) in [5, 5.41) is 2.51. The molecule has 1 N–H and O–H groups in total. The van der Waals surface area contributed by atoms with Gasteiger partial charge in [0.2, 0.25) is 5.91 Å². The molecule has 26 heavy (non-hydrogen) atoms. The van der Waals surface area contributed by atoms with Crippen LogP contribution in [0, 0.1) is 5.92 Å². The first-order valence-corrected chi connectivity index (χ1v) is 9.60. The number of carbonyl (C=O) groups is 2. The fourth-order valence-electron chi connectivity index (χ4n) is 2.31. The van der Waals surface area contributed by atoms with Crippen molar-refractivity contribution in [3.63, 3.8) is 0 Å². The van der Waals surface area contributed by atoms with Crippen molar-refractivity contribution < 1.29 is 14.3 Å². The van der Waals surface area contributed by atoms with Crippen LogP contribution < -0.4 is 5.32 Å². The lowest BCUT2D eigenvalue weighted by atomic mass is 10.1. The van der Waals surface area contributed by atoms with Crippen LogP contribution in [0.3, 0.4) is 0 Å². The first-order valence-electron chi connectivity index (χ1n) is 8.72. The van der Waals surface area contributed by atoms with Crippen molar-refractivity contribution in [3.05, 3.63) is 66.2 Å². The highest BCUT2D eigenvalue weighted by Crippen LogP contribution is 2.35. The highest BCUT2D eigenvalue weighted by molar-refractivity contribution is 8.00. The average Bonchev–Trinajstić information content (AvgIpc) is 2.65. The zero-order valence-electron chi connectivity index (χ0n) is 15.3. The van der Waals surface area contributed by atoms with Crippen LogP contribution in [0.15, 0.2) is 65.6 Å². The quantitative estimate of drug-likeness (QED) is 0.557. The number of thioether (sulfide) groups is 1. The van der Waals surface area contributed by atoms with Crippen molar-refractivity contribution in [1.82, 2.24) is 5.32 Å². The Morgan fingerprint density at radius 3 is 2.12 bits per heavy atom. The maximum absolute atomic E-state index is 12.8. The van der Waals surface area contributed by atoms with Crippen molar-refractivity contribution in [1.29, 1.82) is 0 Å². The van der Waals surface area contributed by atoms with E-state index < -0.39 is 0 Å². The Hall–Kier alpha value is -2.27. The van der Waals surface area contributed by atoms with Gasteiger partial charge >= 0.3 is 5.97 Å². The molecular formula is C21H25NO3S. The topological polar surface area (TPSA) is 55.4 Å². The molecule has 0 saturated heterocycles. The van der Waals surface area contributed by atoms with Crippen LogP contribution in [0.1, 0.15) is 31.6 Å². The fourth-order valence-corrected chi connectivity index (χ4v) is 3.38. The van der Waals surface area contributed by atoms with Gasteiger partial charge in [0.1, 0.15) is 5.25 Å². The number of nitrogens with one attached hydrogen (secondary N) is 1. The van der Waals surface area contributed by atoms with E-state index in [0.717, 1.165) is 10.5 Å². The summed E-state index contributed by atoms with van der Waals surface area (Å²) in [5.74, 6) is -0.805. The number of amides is 1. The molecule has 1 amide bonds. The number of esters is 1. The van der Waals surface area contributed by atoms with Gasteiger partial charge in [-0.1, -0.05) is 55.5 Å². The highest BCUT2D eigenvalue weighted by Gasteiger charge is 2.24. The van der Waals surface area contributed by atoms with Gasteiger partial charge in [0, 0.05) is 11.4 Å². The van der Waals surface area contributed by atoms with Crippen LogP contribution in [0.2, 0.25) is 0 Å². The molecule has 0 fully saturated rings. The van der Waals surface area contributed by atoms with Gasteiger partial charge in [-0.2, -0.15) is 0 Å². The predicted octanol–water partition coefficient (Wildman–Crippen LogP) is 4.22. The summed E-state index contributed by atoms with van der Waals surface area (Å²) in [6.45, 7) is 5.63. The molecule has 2 aromatic rings. The minimum absolute atomic E-state index is 0.116. The minimum atomic E-state index is -0.389. The van der Waals surface area contributed by atoms with E-state index in [-0.39, 0.29) is 35.7 Å². The summed E-state index contributed by atoms with van der Waals surface area (Å²) in [4.78, 5) is 25.7. The number of hydrogen-bond acceptors (Lipinski definition) is 4. The molecule has 0 aliphatic rings. The zero-order chi connectivity index (χ0) is 18.9. The van der Waals surface area contributed by atoms with E-state index in [4.69, 9.17) is 4.74 Å². The molecule has 0 aliphatic carbocycles. The molecule has 0 saturated carbocycles. The monoisotopic (exact) mass is 371 g/mol. The third kappa shape index (κ3) is 6.23. The molecule has 0 aliphatic heterocycles. The first kappa shape index (κ1) is 20.0. The second kappa shape index (κ2) is 10.0. The molecule has 0 radical (unpaired) electrons. The molecule has 0 bridgehead atoms. The number of ether oxygens (including phenoxy) is 1. The summed E-state index contributed by atoms with van der Waals surface area (Å²) < 4.78 is 5.19. The second-order valence-corrected chi connectivity index (χ2v) is 7.53. The molecule has 0 heterocycles. The predicted molar refractivity (Wildman–Crippen MR) is 105 cm³/mol. The van der Waals surface area contributed by atoms with Gasteiger partial charge in [0.25, 0.3) is 0 Å². The third-order valence-electron chi connectivity index (χ3n) is 3.67. The van der Waals surface area contributed by atoms with E-state index in [2.05, 4.69) is 5.32 Å². The highest BCUT2D eigenvalue weighted by atomic mass is 32.2. The summed E-state index contributed by atoms with van der Waals surface area (Å²) >= 11 is 1.49. The van der Waals surface area contributed by atoms with Crippen molar-refractivity contribution in [3.8, 4) is 0 Å². The van der Waals surface area contributed by atoms with E-state index in [1.54, 1.807) is 6.92 Å². The summed E-state index contributed by atoms with van der Waals surface area (Å²) in [6, 6.07) is 19.5. The lowest BCUT2D eigenvalue weighted by Gasteiger charge is -2.19. The Bertz CT molecular complexity index is 704. The molecule has 2 rings (SSSR count). The Morgan fingerprint density at radius 2 is 1.54 bits per heavy atom. The summed E-state index contributed by atoms with van der Waals surface area (Å²) in [6.07, 6.45) is -0.161. The van der Waals surface area contributed by atoms with Gasteiger partial charge < -0.3 is 10.1 Å². The van der Waals surface area contributed by atoms with Gasteiger partial charge in [-0.25, -0.2) is 0 Å². The van der Waals surface area contributed by atoms with Crippen LogP contribution >= 0.6 is 11.8 Å². The van der Waals surface area contributed by atoms with Gasteiger partial charge in [-0.3, -0.25) is 9.59 Å². The Kier molecular flexibility index (Phi) is 7.73. The van der Waals surface area contributed by atoms with Crippen molar-refractivity contribution in [2.75, 3.05) is 6.54 Å². The first-order chi connectivity index (χ1) is 12.5. The average molecular weight is 372 g/mol. The molecule has 138 valence electrons. The van der Waals surface area contributed by atoms with E-state index in [0.29, 0.717) is 0 Å². The summed E-state index contributed by atoms with van der Waals surface area (Å²) in [5.41, 5.74) is 0.927. The number of benzene rings is 2. The van der Waals surface area contributed by atoms with Crippen LogP contribution in [0.25, 0.3) is 0 Å². The Balaban J connectivity index is 2.05. The second-order valence-electron chi connectivity index (χ2n) is 6.35. The van der Waals surface area contributed by atoms with Crippen LogP contribution in [-0.2, 0) is 14.3 Å². The molecule has 2 atom stereocenters. The van der Waals surface area contributed by atoms with Gasteiger partial charge in [-0.05, 0) is 31.5 Å². The number of rotatable bonds is 8. The minimum Gasteiger partial charge on any atom is -0.463 e. The standard InChI is InChI=1S/C21H25NO3S/c1-15(2)25-21(24)16(3)14-22-20(23)19(17-10-6-4-7-11-17)26-18-12-8-5-9-13-18/h4-13,15-16,19H,14H2,1-3H3,(H,22,23)/t16-,19-/m0/s1. The molecule has 2 aromatic carbocycles. The number of hydrogen-bond donors (Lipinski definition) is 1. The van der Waals surface area contributed by atoms with Gasteiger partial charge in [-0.15, -0.1) is 11.8 Å². The Labute approximate surface area is 159 Å². The van der Waals surface area contributed by atoms with E-state index >= 15 is 0 Å². The molecule has 5 heteroatoms. The zero-order valence-corrected chi connectivity index (χ0v) is 16.2. The Morgan fingerprint density at radius 1 is 0.962 bits per heavy atom. The molecule has 0 aromatic heterocycles. The normalized spacial score (nSPS) is 13.1. The van der Waals surface area contributed by atoms with Crippen molar-refractivity contribution in [2.45, 2.75) is 37.0 Å². The van der Waals surface area contributed by atoms with Crippen LogP contribution in [0.4, 0.5) is 0 Å². The third-order valence-corrected chi connectivity index (χ3v) is 4.94. The molecular weight excluding hydrogens is 346 g/mol. The van der Waals surface area contributed by atoms with E-state index in [9.17, 15) is 9.59 Å². The van der Waals surface area contributed by atoms with Crippen LogP contribution in [0.5, 0.6) is 0 Å². The summed E-state index contributed by atoms with van der Waals surface area (Å²) in [7, 11) is 0. The smallest absolute Gasteiger partial charge is 0.310 e. The number of carbonyl (C=O) groups excluding carboxylic acids is 2. The molecule has 0 spiro atoms. The largest absolute Gasteiger partial charge is 0.463 e. The molecule has 4 nitrogen and oxygen atoms in total. The van der Waals surface area contributed by atoms with Gasteiger partial charge in [0.15, 0.2) is 0 Å².